The summed E-state index contributed by atoms with van der Waals surface area (Å²) >= 11 is 0. The molecule has 0 bridgehead atoms. The van der Waals surface area contributed by atoms with Crippen LogP contribution in [0.1, 0.15) is 32.0 Å². The van der Waals surface area contributed by atoms with Crippen LogP contribution in [0.3, 0.4) is 0 Å². The monoisotopic (exact) mass is 371 g/mol. The minimum atomic E-state index is 0.682. The van der Waals surface area contributed by atoms with E-state index in [0.29, 0.717) is 13.2 Å². The van der Waals surface area contributed by atoms with Crippen molar-refractivity contribution in [3.05, 3.63) is 36.4 Å². The van der Waals surface area contributed by atoms with Gasteiger partial charge in [0.15, 0.2) is 17.5 Å². The number of hydrogen-bond acceptors (Lipinski definition) is 4. The van der Waals surface area contributed by atoms with Crippen molar-refractivity contribution in [1.82, 2.24) is 14.9 Å². The number of imidazole rings is 1. The van der Waals surface area contributed by atoms with Gasteiger partial charge in [0, 0.05) is 50.2 Å². The fourth-order valence-corrected chi connectivity index (χ4v) is 2.91. The Morgan fingerprint density at radius 1 is 1.22 bits per heavy atom. The zero-order valence-electron chi connectivity index (χ0n) is 16.2. The van der Waals surface area contributed by atoms with E-state index in [0.717, 1.165) is 67.9 Å². The van der Waals surface area contributed by atoms with Crippen molar-refractivity contribution in [3.63, 3.8) is 0 Å². The zero-order chi connectivity index (χ0) is 18.9. The van der Waals surface area contributed by atoms with Crippen LogP contribution < -0.4 is 20.1 Å². The van der Waals surface area contributed by atoms with E-state index in [9.17, 15) is 0 Å². The highest BCUT2D eigenvalue weighted by molar-refractivity contribution is 5.93. The number of rotatable bonds is 7. The SMILES string of the molecule is CCNC(=NCCCCn1ccnc1C)Nc1ccc2c(c1)OCCCO2. The molecule has 2 aromatic rings. The Bertz CT molecular complexity index is 757. The maximum absolute atomic E-state index is 5.76. The first-order valence-electron chi connectivity index (χ1n) is 9.69. The Labute approximate surface area is 160 Å². The Balaban J connectivity index is 1.52. The predicted molar refractivity (Wildman–Crippen MR) is 108 cm³/mol. The molecule has 1 aromatic carbocycles. The van der Waals surface area contributed by atoms with Gasteiger partial charge in [-0.2, -0.15) is 0 Å². The third kappa shape index (κ3) is 5.64. The van der Waals surface area contributed by atoms with Crippen LogP contribution in [-0.4, -0.2) is 41.8 Å². The first-order chi connectivity index (χ1) is 13.3. The summed E-state index contributed by atoms with van der Waals surface area (Å²) in [5.41, 5.74) is 0.938. The topological polar surface area (TPSA) is 72.7 Å². The first kappa shape index (κ1) is 19.1. The van der Waals surface area contributed by atoms with Gasteiger partial charge in [0.1, 0.15) is 5.82 Å². The average molecular weight is 371 g/mol. The normalized spacial score (nSPS) is 13.9. The molecule has 0 unspecified atom stereocenters. The third-order valence-corrected chi connectivity index (χ3v) is 4.36. The molecule has 0 saturated carbocycles. The summed E-state index contributed by atoms with van der Waals surface area (Å²) in [5, 5.41) is 6.64. The van der Waals surface area contributed by atoms with Gasteiger partial charge >= 0.3 is 0 Å². The number of ether oxygens (including phenoxy) is 2. The summed E-state index contributed by atoms with van der Waals surface area (Å²) in [5.74, 6) is 3.42. The average Bonchev–Trinajstić information content (AvgIpc) is 2.93. The molecule has 27 heavy (non-hydrogen) atoms. The van der Waals surface area contributed by atoms with Gasteiger partial charge in [0.05, 0.1) is 13.2 Å². The number of anilines is 1. The number of fused-ring (bicyclic) bond motifs is 1. The Hall–Kier alpha value is -2.70. The summed E-state index contributed by atoms with van der Waals surface area (Å²) in [6.07, 6.45) is 6.87. The van der Waals surface area contributed by atoms with E-state index in [1.807, 2.05) is 37.5 Å². The lowest BCUT2D eigenvalue weighted by Crippen LogP contribution is -2.30. The standard InChI is InChI=1S/C20H29N5O2/c1-3-21-20(23-9-4-5-11-25-12-10-22-16(25)2)24-17-7-8-18-19(15-17)27-14-6-13-26-18/h7-8,10,12,15H,3-6,9,11,13-14H2,1-2H3,(H2,21,23,24). The maximum atomic E-state index is 5.76. The first-order valence-corrected chi connectivity index (χ1v) is 9.69. The zero-order valence-corrected chi connectivity index (χ0v) is 16.2. The van der Waals surface area contributed by atoms with Crippen molar-refractivity contribution in [2.75, 3.05) is 31.6 Å². The molecule has 0 radical (unpaired) electrons. The minimum absolute atomic E-state index is 0.682. The van der Waals surface area contributed by atoms with Crippen LogP contribution in [-0.2, 0) is 6.54 Å². The van der Waals surface area contributed by atoms with Crippen molar-refractivity contribution in [3.8, 4) is 11.5 Å². The van der Waals surface area contributed by atoms with Crippen LogP contribution in [0.15, 0.2) is 35.6 Å². The lowest BCUT2D eigenvalue weighted by molar-refractivity contribution is 0.297. The molecule has 1 aliphatic rings. The van der Waals surface area contributed by atoms with Gasteiger partial charge in [-0.1, -0.05) is 0 Å². The van der Waals surface area contributed by atoms with Crippen LogP contribution in [0.25, 0.3) is 0 Å². The molecule has 1 aromatic heterocycles. The summed E-state index contributed by atoms with van der Waals surface area (Å²) in [6, 6.07) is 5.90. The van der Waals surface area contributed by atoms with E-state index < -0.39 is 0 Å². The van der Waals surface area contributed by atoms with Gasteiger partial charge in [-0.05, 0) is 38.8 Å². The van der Waals surface area contributed by atoms with Gasteiger partial charge in [-0.25, -0.2) is 4.98 Å². The second-order valence-corrected chi connectivity index (χ2v) is 6.47. The number of guanidine groups is 1. The van der Waals surface area contributed by atoms with Crippen molar-refractivity contribution in [1.29, 1.82) is 0 Å². The number of unbranched alkanes of at least 4 members (excludes halogenated alkanes) is 1. The number of nitrogens with zero attached hydrogens (tertiary/aromatic N) is 3. The van der Waals surface area contributed by atoms with E-state index in [4.69, 9.17) is 9.47 Å². The van der Waals surface area contributed by atoms with Gasteiger partial charge in [0.25, 0.3) is 0 Å². The molecule has 0 amide bonds. The smallest absolute Gasteiger partial charge is 0.195 e. The highest BCUT2D eigenvalue weighted by Gasteiger charge is 2.11. The molecule has 2 heterocycles. The maximum Gasteiger partial charge on any atom is 0.195 e. The molecule has 2 N–H and O–H groups in total. The third-order valence-electron chi connectivity index (χ3n) is 4.36. The van der Waals surface area contributed by atoms with Gasteiger partial charge < -0.3 is 24.7 Å². The van der Waals surface area contributed by atoms with E-state index >= 15 is 0 Å². The molecular formula is C20H29N5O2. The lowest BCUT2D eigenvalue weighted by atomic mass is 10.2. The van der Waals surface area contributed by atoms with Crippen LogP contribution >= 0.6 is 0 Å². The van der Waals surface area contributed by atoms with E-state index in [-0.39, 0.29) is 0 Å². The molecule has 146 valence electrons. The predicted octanol–water partition coefficient (Wildman–Crippen LogP) is 3.21. The Morgan fingerprint density at radius 3 is 2.85 bits per heavy atom. The van der Waals surface area contributed by atoms with Crippen LogP contribution in [0.4, 0.5) is 5.69 Å². The molecule has 1 aliphatic heterocycles. The van der Waals surface area contributed by atoms with Gasteiger partial charge in [-0.3, -0.25) is 4.99 Å². The molecule has 0 fully saturated rings. The Kier molecular flexibility index (Phi) is 6.96. The molecule has 7 heteroatoms. The number of aryl methyl sites for hydroxylation is 2. The number of benzene rings is 1. The summed E-state index contributed by atoms with van der Waals surface area (Å²) in [7, 11) is 0. The van der Waals surface area contributed by atoms with Crippen molar-refractivity contribution in [2.24, 2.45) is 4.99 Å². The highest BCUT2D eigenvalue weighted by atomic mass is 16.5. The largest absolute Gasteiger partial charge is 0.490 e. The molecule has 0 spiro atoms. The molecule has 0 aliphatic carbocycles. The van der Waals surface area contributed by atoms with Crippen LogP contribution in [0.2, 0.25) is 0 Å². The van der Waals surface area contributed by atoms with Gasteiger partial charge in [-0.15, -0.1) is 0 Å². The van der Waals surface area contributed by atoms with Crippen LogP contribution in [0.5, 0.6) is 11.5 Å². The minimum Gasteiger partial charge on any atom is -0.490 e. The summed E-state index contributed by atoms with van der Waals surface area (Å²) in [4.78, 5) is 8.93. The molecular weight excluding hydrogens is 342 g/mol. The van der Waals surface area contributed by atoms with Crippen molar-refractivity contribution < 1.29 is 9.47 Å². The molecule has 7 nitrogen and oxygen atoms in total. The number of aromatic nitrogens is 2. The number of nitrogens with one attached hydrogen (secondary N) is 2. The fourth-order valence-electron chi connectivity index (χ4n) is 2.91. The molecule has 0 saturated heterocycles. The van der Waals surface area contributed by atoms with E-state index in [1.165, 1.54) is 0 Å². The Morgan fingerprint density at radius 2 is 2.07 bits per heavy atom. The lowest BCUT2D eigenvalue weighted by Gasteiger charge is -2.13. The molecule has 0 atom stereocenters. The van der Waals surface area contributed by atoms with Crippen LogP contribution in [0, 0.1) is 6.92 Å². The van der Waals surface area contributed by atoms with Crippen molar-refractivity contribution >= 4 is 11.6 Å². The summed E-state index contributed by atoms with van der Waals surface area (Å²) < 4.78 is 13.6. The molecule has 3 rings (SSSR count). The second-order valence-electron chi connectivity index (χ2n) is 6.47. The van der Waals surface area contributed by atoms with Crippen molar-refractivity contribution in [2.45, 2.75) is 39.7 Å². The quantitative estimate of drug-likeness (QED) is 0.444. The van der Waals surface area contributed by atoms with E-state index in [1.54, 1.807) is 0 Å². The van der Waals surface area contributed by atoms with Gasteiger partial charge in [0.2, 0.25) is 0 Å². The second kappa shape index (κ2) is 9.85. The summed E-state index contributed by atoms with van der Waals surface area (Å²) in [6.45, 7) is 8.03. The number of hydrogen-bond donors (Lipinski definition) is 2. The highest BCUT2D eigenvalue weighted by Crippen LogP contribution is 2.32. The van der Waals surface area contributed by atoms with E-state index in [2.05, 4.69) is 32.1 Å². The fraction of sp³-hybridized carbons (Fsp3) is 0.500. The number of aliphatic imine (C=N–C) groups is 1.